The summed E-state index contributed by atoms with van der Waals surface area (Å²) in [6.45, 7) is 2.12. The van der Waals surface area contributed by atoms with Crippen LogP contribution < -0.4 is 21.4 Å². The summed E-state index contributed by atoms with van der Waals surface area (Å²) in [6, 6.07) is 4.95. The molecule has 3 rings (SSSR count). The highest BCUT2D eigenvalue weighted by Crippen LogP contribution is 2.33. The van der Waals surface area contributed by atoms with Crippen LogP contribution in [-0.2, 0) is 14.4 Å². The van der Waals surface area contributed by atoms with E-state index in [2.05, 4.69) is 26.2 Å². The number of hydroxylamine groups is 1. The minimum atomic E-state index is -0.461. The van der Waals surface area contributed by atoms with Crippen LogP contribution in [-0.4, -0.2) is 67.2 Å². The summed E-state index contributed by atoms with van der Waals surface area (Å²) < 4.78 is 4.69. The largest absolute Gasteiger partial charge is 0.465 e. The van der Waals surface area contributed by atoms with E-state index in [1.54, 1.807) is 13.0 Å². The highest BCUT2D eigenvalue weighted by molar-refractivity contribution is 8.00. The number of nitrogens with one attached hydrogen (secondary N) is 4. The number of aryl methyl sites for hydroxylation is 1. The predicted octanol–water partition coefficient (Wildman–Crippen LogP) is 1.29. The molecule has 1 aromatic carbocycles. The quantitative estimate of drug-likeness (QED) is 0.163. The molecule has 4 amide bonds. The normalized spacial score (nSPS) is 21.0. The molecule has 2 aliphatic heterocycles. The maximum Gasteiger partial charge on any atom is 0.338 e. The number of rotatable bonds is 11. The minimum absolute atomic E-state index is 0.0632. The first kappa shape index (κ1) is 24.8. The van der Waals surface area contributed by atoms with Gasteiger partial charge in [0, 0.05) is 29.5 Å². The first-order chi connectivity index (χ1) is 15.9. The fourth-order valence-corrected chi connectivity index (χ4v) is 5.47. The zero-order chi connectivity index (χ0) is 23.8. The summed E-state index contributed by atoms with van der Waals surface area (Å²) in [7, 11) is 1.30. The van der Waals surface area contributed by atoms with Gasteiger partial charge < -0.3 is 20.7 Å². The molecule has 4 N–H and O–H groups in total. The Bertz CT molecular complexity index is 896. The Morgan fingerprint density at radius 2 is 2.03 bits per heavy atom. The molecule has 2 aliphatic rings. The number of urea groups is 1. The Labute approximate surface area is 196 Å². The molecule has 2 unspecified atom stereocenters. The van der Waals surface area contributed by atoms with Gasteiger partial charge in [0.15, 0.2) is 0 Å². The third-order valence-electron chi connectivity index (χ3n) is 5.67. The molecule has 180 valence electrons. The summed E-state index contributed by atoms with van der Waals surface area (Å²) >= 11 is 1.87. The molecule has 2 heterocycles. The molecule has 0 saturated carbocycles. The number of carbonyl (C=O) groups is 4. The molecule has 0 aromatic heterocycles. The highest BCUT2D eigenvalue weighted by Gasteiger charge is 2.42. The molecular weight excluding hydrogens is 448 g/mol. The topological polar surface area (TPSA) is 135 Å². The lowest BCUT2D eigenvalue weighted by Crippen LogP contribution is -2.36. The number of hydrogen-bond acceptors (Lipinski definition) is 7. The van der Waals surface area contributed by atoms with Crippen LogP contribution in [0.25, 0.3) is 0 Å². The molecule has 0 spiro atoms. The van der Waals surface area contributed by atoms with Crippen molar-refractivity contribution in [1.29, 1.82) is 0 Å². The third-order valence-corrected chi connectivity index (χ3v) is 7.17. The number of benzene rings is 1. The summed E-state index contributed by atoms with van der Waals surface area (Å²) in [5.41, 5.74) is 3.69. The fraction of sp³-hybridized carbons (Fsp3) is 0.545. The van der Waals surface area contributed by atoms with E-state index < -0.39 is 11.9 Å². The molecule has 11 heteroatoms. The van der Waals surface area contributed by atoms with Crippen molar-refractivity contribution in [2.45, 2.75) is 49.9 Å². The van der Waals surface area contributed by atoms with Gasteiger partial charge in [-0.2, -0.15) is 11.8 Å². The second kappa shape index (κ2) is 11.9. The van der Waals surface area contributed by atoms with E-state index >= 15 is 0 Å². The summed E-state index contributed by atoms with van der Waals surface area (Å²) in [4.78, 5) is 52.3. The summed E-state index contributed by atoms with van der Waals surface area (Å²) in [6.07, 6.45) is 3.09. The highest BCUT2D eigenvalue weighted by atomic mass is 32.2. The van der Waals surface area contributed by atoms with Crippen LogP contribution in [0.4, 0.5) is 4.79 Å². The van der Waals surface area contributed by atoms with Gasteiger partial charge in [0.05, 0.1) is 31.4 Å². The number of carbonyl (C=O) groups excluding carboxylic acids is 4. The van der Waals surface area contributed by atoms with E-state index in [1.165, 1.54) is 19.2 Å². The smallest absolute Gasteiger partial charge is 0.338 e. The monoisotopic (exact) mass is 478 g/mol. The van der Waals surface area contributed by atoms with Crippen molar-refractivity contribution < 1.29 is 28.8 Å². The first-order valence-corrected chi connectivity index (χ1v) is 12.0. The molecule has 10 nitrogen and oxygen atoms in total. The Balaban J connectivity index is 1.24. The van der Waals surface area contributed by atoms with Gasteiger partial charge in [0.1, 0.15) is 0 Å². The Morgan fingerprint density at radius 3 is 2.79 bits per heavy atom. The zero-order valence-corrected chi connectivity index (χ0v) is 19.6. The van der Waals surface area contributed by atoms with Crippen molar-refractivity contribution in [1.82, 2.24) is 21.4 Å². The molecule has 1 aromatic rings. The Hall–Kier alpha value is -2.79. The number of amides is 4. The van der Waals surface area contributed by atoms with E-state index in [0.717, 1.165) is 25.0 Å². The molecule has 0 bridgehead atoms. The molecule has 0 radical (unpaired) electrons. The number of thioether (sulfide) groups is 1. The zero-order valence-electron chi connectivity index (χ0n) is 18.8. The van der Waals surface area contributed by atoms with Gasteiger partial charge in [0.2, 0.25) is 5.91 Å². The molecule has 2 fully saturated rings. The number of esters is 1. The molecule has 33 heavy (non-hydrogen) atoms. The number of fused-ring (bicyclic) bond motifs is 1. The second-order valence-corrected chi connectivity index (χ2v) is 9.29. The Kier molecular flexibility index (Phi) is 8.95. The van der Waals surface area contributed by atoms with E-state index in [9.17, 15) is 19.2 Å². The number of methoxy groups -OCH3 is 1. The van der Waals surface area contributed by atoms with Gasteiger partial charge in [-0.15, -0.1) is 0 Å². The average Bonchev–Trinajstić information content (AvgIpc) is 3.35. The standard InChI is InChI=1S/C22H30N4O6S/c1-13-11-14(7-8-15(13)21(29)31-2)20(28)26-32-10-9-23-18(27)6-4-3-5-17-19-16(12-33-17)24-22(30)25-19/h7-8,11,16-17,19H,3-6,9-10,12H2,1-2H3,(H,23,27)(H,26,28)(H2,24,25,30)/t16?,17-,19?/m1/s1. The molecule has 0 aliphatic carbocycles. The van der Waals surface area contributed by atoms with Crippen LogP contribution in [0, 0.1) is 6.92 Å². The lowest BCUT2D eigenvalue weighted by molar-refractivity contribution is -0.121. The van der Waals surface area contributed by atoms with Crippen molar-refractivity contribution in [2.24, 2.45) is 0 Å². The van der Waals surface area contributed by atoms with Gasteiger partial charge in [0.25, 0.3) is 5.91 Å². The van der Waals surface area contributed by atoms with Crippen LogP contribution in [0.5, 0.6) is 0 Å². The van der Waals surface area contributed by atoms with Crippen molar-refractivity contribution >= 4 is 35.6 Å². The van der Waals surface area contributed by atoms with Crippen LogP contribution in [0.3, 0.4) is 0 Å². The lowest BCUT2D eigenvalue weighted by atomic mass is 10.0. The van der Waals surface area contributed by atoms with Crippen molar-refractivity contribution in [2.75, 3.05) is 26.0 Å². The number of ether oxygens (including phenoxy) is 1. The van der Waals surface area contributed by atoms with E-state index in [4.69, 9.17) is 4.84 Å². The lowest BCUT2D eigenvalue weighted by Gasteiger charge is -2.16. The average molecular weight is 479 g/mol. The van der Waals surface area contributed by atoms with Gasteiger partial charge in [-0.25, -0.2) is 15.1 Å². The SMILES string of the molecule is COC(=O)c1ccc(C(=O)NOCCNC(=O)CCCC[C@H]2SCC3NC(=O)NC32)cc1C. The van der Waals surface area contributed by atoms with Crippen LogP contribution in [0.2, 0.25) is 0 Å². The van der Waals surface area contributed by atoms with Crippen LogP contribution >= 0.6 is 11.8 Å². The van der Waals surface area contributed by atoms with Crippen LogP contribution in [0.15, 0.2) is 18.2 Å². The Morgan fingerprint density at radius 1 is 1.21 bits per heavy atom. The van der Waals surface area contributed by atoms with Gasteiger partial charge in [-0.3, -0.25) is 14.4 Å². The maximum absolute atomic E-state index is 12.1. The van der Waals surface area contributed by atoms with Crippen molar-refractivity contribution in [3.05, 3.63) is 34.9 Å². The second-order valence-electron chi connectivity index (χ2n) is 8.02. The van der Waals surface area contributed by atoms with E-state index in [-0.39, 0.29) is 37.2 Å². The van der Waals surface area contributed by atoms with Gasteiger partial charge in [-0.1, -0.05) is 6.42 Å². The number of hydrogen-bond donors (Lipinski definition) is 4. The predicted molar refractivity (Wildman–Crippen MR) is 123 cm³/mol. The van der Waals surface area contributed by atoms with E-state index in [0.29, 0.717) is 28.4 Å². The summed E-state index contributed by atoms with van der Waals surface area (Å²) in [5.74, 6) is -0.0332. The maximum atomic E-state index is 12.1. The third kappa shape index (κ3) is 6.84. The first-order valence-electron chi connectivity index (χ1n) is 11.0. The fourth-order valence-electron chi connectivity index (χ4n) is 3.92. The van der Waals surface area contributed by atoms with Crippen molar-refractivity contribution in [3.63, 3.8) is 0 Å². The number of unbranched alkanes of at least 4 members (excludes halogenated alkanes) is 1. The minimum Gasteiger partial charge on any atom is -0.465 e. The van der Waals surface area contributed by atoms with E-state index in [1.807, 2.05) is 11.8 Å². The molecule has 3 atom stereocenters. The molecule has 2 saturated heterocycles. The molecular formula is C22H30N4O6S. The van der Waals surface area contributed by atoms with Crippen molar-refractivity contribution in [3.8, 4) is 0 Å². The van der Waals surface area contributed by atoms with Gasteiger partial charge >= 0.3 is 12.0 Å². The van der Waals surface area contributed by atoms with Crippen LogP contribution in [0.1, 0.15) is 52.0 Å². The van der Waals surface area contributed by atoms with Gasteiger partial charge in [-0.05, 0) is 43.5 Å². The summed E-state index contributed by atoms with van der Waals surface area (Å²) in [5, 5.41) is 9.06.